The molecule has 0 fully saturated rings. The van der Waals surface area contributed by atoms with Gasteiger partial charge in [-0.1, -0.05) is 140 Å². The molecule has 42 heavy (non-hydrogen) atoms. The Morgan fingerprint density at radius 2 is 0.738 bits per heavy atom. The Morgan fingerprint density at radius 1 is 0.238 bits per heavy atom. The number of hydrogen-bond donors (Lipinski definition) is 0. The molecule has 0 unspecified atom stereocenters. The van der Waals surface area contributed by atoms with Crippen molar-refractivity contribution >= 4 is 64.6 Å². The van der Waals surface area contributed by atoms with Crippen LogP contribution in [-0.4, -0.2) is 0 Å². The van der Waals surface area contributed by atoms with Crippen molar-refractivity contribution in [1.29, 1.82) is 0 Å². The van der Waals surface area contributed by atoms with Crippen molar-refractivity contribution in [2.75, 3.05) is 0 Å². The van der Waals surface area contributed by atoms with E-state index in [1.165, 1.54) is 86.9 Å². The molecule has 0 radical (unpaired) electrons. The van der Waals surface area contributed by atoms with E-state index in [9.17, 15) is 0 Å². The Labute approximate surface area is 244 Å². The van der Waals surface area contributed by atoms with Crippen molar-refractivity contribution in [1.82, 2.24) is 0 Å². The van der Waals surface area contributed by atoms with E-state index in [1.807, 2.05) is 0 Å². The molecule has 0 aromatic heterocycles. The first-order valence-electron chi connectivity index (χ1n) is 14.6. The van der Waals surface area contributed by atoms with Crippen molar-refractivity contribution in [2.24, 2.45) is 0 Å². The van der Waals surface area contributed by atoms with Crippen LogP contribution in [0.25, 0.3) is 86.9 Å². The monoisotopic (exact) mass is 530 g/mol. The summed E-state index contributed by atoms with van der Waals surface area (Å²) in [6.45, 7) is 0. The van der Waals surface area contributed by atoms with E-state index in [1.54, 1.807) is 0 Å². The van der Waals surface area contributed by atoms with E-state index >= 15 is 0 Å². The highest BCUT2D eigenvalue weighted by Crippen LogP contribution is 2.44. The van der Waals surface area contributed by atoms with Gasteiger partial charge in [0.25, 0.3) is 0 Å². The number of rotatable bonds is 2. The maximum Gasteiger partial charge on any atom is -0.00199 e. The molecule has 0 aliphatic carbocycles. The fraction of sp³-hybridized carbons (Fsp3) is 0. The summed E-state index contributed by atoms with van der Waals surface area (Å²) in [6, 6.07) is 58.0. The molecule has 0 amide bonds. The molecule has 9 rings (SSSR count). The first-order valence-corrected chi connectivity index (χ1v) is 14.6. The fourth-order valence-corrected chi connectivity index (χ4v) is 7.13. The summed E-state index contributed by atoms with van der Waals surface area (Å²) >= 11 is 0. The van der Waals surface area contributed by atoms with Gasteiger partial charge in [-0.3, -0.25) is 0 Å². The first kappa shape index (κ1) is 23.3. The second kappa shape index (κ2) is 9.03. The predicted octanol–water partition coefficient (Wildman–Crippen LogP) is 11.9. The Bertz CT molecular complexity index is 2500. The fourth-order valence-electron chi connectivity index (χ4n) is 7.13. The van der Waals surface area contributed by atoms with Gasteiger partial charge in [0.05, 0.1) is 0 Å². The molecule has 0 spiro atoms. The molecule has 0 saturated carbocycles. The number of fused-ring (bicyclic) bond motifs is 11. The highest BCUT2D eigenvalue weighted by Gasteiger charge is 2.16. The average molecular weight is 531 g/mol. The minimum absolute atomic E-state index is 1.25. The predicted molar refractivity (Wildman–Crippen MR) is 182 cm³/mol. The van der Waals surface area contributed by atoms with Gasteiger partial charge in [-0.2, -0.15) is 0 Å². The highest BCUT2D eigenvalue weighted by atomic mass is 14.2. The second-order valence-electron chi connectivity index (χ2n) is 11.3. The Hall–Kier alpha value is -5.46. The van der Waals surface area contributed by atoms with Gasteiger partial charge in [-0.05, 0) is 105 Å². The smallest absolute Gasteiger partial charge is 0.00199 e. The van der Waals surface area contributed by atoms with Crippen LogP contribution in [0.2, 0.25) is 0 Å². The molecule has 9 aromatic carbocycles. The van der Waals surface area contributed by atoms with Crippen molar-refractivity contribution < 1.29 is 0 Å². The lowest BCUT2D eigenvalue weighted by Crippen LogP contribution is -1.90. The summed E-state index contributed by atoms with van der Waals surface area (Å²) in [7, 11) is 0. The maximum atomic E-state index is 2.42. The van der Waals surface area contributed by atoms with Crippen molar-refractivity contribution in [2.45, 2.75) is 0 Å². The molecule has 0 heterocycles. The molecule has 0 saturated heterocycles. The quantitative estimate of drug-likeness (QED) is 0.195. The van der Waals surface area contributed by atoms with Crippen LogP contribution in [0.1, 0.15) is 0 Å². The molecule has 0 aliphatic heterocycles. The summed E-state index contributed by atoms with van der Waals surface area (Å²) < 4.78 is 0. The van der Waals surface area contributed by atoms with Gasteiger partial charge >= 0.3 is 0 Å². The molecule has 0 N–H and O–H groups in total. The SMILES string of the molecule is c1ccc(-c2cc3c4ccccc4c4cc(-c5cc6ccccc6c6ccccc56)ccc4c3c3ccccc23)cc1. The van der Waals surface area contributed by atoms with Crippen molar-refractivity contribution in [3.63, 3.8) is 0 Å². The zero-order valence-corrected chi connectivity index (χ0v) is 23.0. The third-order valence-electron chi connectivity index (χ3n) is 9.00. The van der Waals surface area contributed by atoms with Gasteiger partial charge in [0.15, 0.2) is 0 Å². The van der Waals surface area contributed by atoms with Crippen LogP contribution in [0.15, 0.2) is 158 Å². The lowest BCUT2D eigenvalue weighted by atomic mass is 9.86. The van der Waals surface area contributed by atoms with E-state index in [2.05, 4.69) is 158 Å². The molecule has 0 heteroatoms. The average Bonchev–Trinajstić information content (AvgIpc) is 3.07. The van der Waals surface area contributed by atoms with Gasteiger partial charge < -0.3 is 0 Å². The summed E-state index contributed by atoms with van der Waals surface area (Å²) in [4.78, 5) is 0. The third kappa shape index (κ3) is 3.36. The van der Waals surface area contributed by atoms with Crippen LogP contribution in [0.5, 0.6) is 0 Å². The highest BCUT2D eigenvalue weighted by molar-refractivity contribution is 6.33. The van der Waals surface area contributed by atoms with E-state index in [4.69, 9.17) is 0 Å². The summed E-state index contributed by atoms with van der Waals surface area (Å²) in [5, 5.41) is 15.6. The van der Waals surface area contributed by atoms with Gasteiger partial charge in [-0.25, -0.2) is 0 Å². The summed E-state index contributed by atoms with van der Waals surface area (Å²) in [6.07, 6.45) is 0. The Morgan fingerprint density at radius 3 is 1.48 bits per heavy atom. The van der Waals surface area contributed by atoms with E-state index in [0.717, 1.165) is 0 Å². The standard InChI is InChI=1S/C42H26/c1-2-12-27(13-3-1)39-26-41-34-19-9-8-18-33(34)40-25-29(22-23-37(40)42(41)36-21-11-10-20-35(36)39)38-24-28-14-4-5-15-30(28)31-16-6-7-17-32(31)38/h1-26H. The summed E-state index contributed by atoms with van der Waals surface area (Å²) in [5.74, 6) is 0. The van der Waals surface area contributed by atoms with Gasteiger partial charge in [0, 0.05) is 0 Å². The molecular formula is C42H26. The number of hydrogen-bond acceptors (Lipinski definition) is 0. The van der Waals surface area contributed by atoms with E-state index < -0.39 is 0 Å². The topological polar surface area (TPSA) is 0 Å². The molecule has 0 atom stereocenters. The molecule has 0 bridgehead atoms. The zero-order valence-electron chi connectivity index (χ0n) is 23.0. The van der Waals surface area contributed by atoms with Crippen LogP contribution in [-0.2, 0) is 0 Å². The minimum atomic E-state index is 1.25. The van der Waals surface area contributed by atoms with Crippen LogP contribution in [0.3, 0.4) is 0 Å². The molecule has 194 valence electrons. The van der Waals surface area contributed by atoms with Crippen LogP contribution < -0.4 is 0 Å². The lowest BCUT2D eigenvalue weighted by molar-refractivity contribution is 1.67. The normalized spacial score (nSPS) is 11.8. The zero-order chi connectivity index (χ0) is 27.6. The lowest BCUT2D eigenvalue weighted by Gasteiger charge is -2.17. The largest absolute Gasteiger partial charge is 0.0622 e. The first-order chi connectivity index (χ1) is 20.8. The van der Waals surface area contributed by atoms with Crippen molar-refractivity contribution in [3.05, 3.63) is 158 Å². The summed E-state index contributed by atoms with van der Waals surface area (Å²) in [5.41, 5.74) is 5.06. The Balaban J connectivity index is 1.42. The second-order valence-corrected chi connectivity index (χ2v) is 11.3. The van der Waals surface area contributed by atoms with Crippen LogP contribution in [0.4, 0.5) is 0 Å². The molecule has 0 nitrogen and oxygen atoms in total. The Kier molecular flexibility index (Phi) is 5.00. The van der Waals surface area contributed by atoms with Crippen molar-refractivity contribution in [3.8, 4) is 22.3 Å². The minimum Gasteiger partial charge on any atom is -0.0622 e. The van der Waals surface area contributed by atoms with Gasteiger partial charge in [0.2, 0.25) is 0 Å². The van der Waals surface area contributed by atoms with Crippen LogP contribution in [0, 0.1) is 0 Å². The maximum absolute atomic E-state index is 2.42. The molecule has 9 aromatic rings. The third-order valence-corrected chi connectivity index (χ3v) is 9.00. The van der Waals surface area contributed by atoms with Gasteiger partial charge in [0.1, 0.15) is 0 Å². The van der Waals surface area contributed by atoms with E-state index in [0.29, 0.717) is 0 Å². The molecule has 0 aliphatic rings. The molecular weight excluding hydrogens is 504 g/mol. The van der Waals surface area contributed by atoms with Gasteiger partial charge in [-0.15, -0.1) is 0 Å². The van der Waals surface area contributed by atoms with Crippen LogP contribution >= 0.6 is 0 Å². The number of benzene rings is 9. The van der Waals surface area contributed by atoms with E-state index in [-0.39, 0.29) is 0 Å².